The number of nitrogens with zero attached hydrogens (tertiary/aromatic N) is 1. The monoisotopic (exact) mass is 241 g/mol. The number of hydrogen-bond acceptors (Lipinski definition) is 4. The average molecular weight is 241 g/mol. The molecule has 6 heteroatoms. The normalized spacial score (nSPS) is 11.5. The summed E-state index contributed by atoms with van der Waals surface area (Å²) in [6.45, 7) is 0. The van der Waals surface area contributed by atoms with Gasteiger partial charge in [0.1, 0.15) is 0 Å². The van der Waals surface area contributed by atoms with Crippen molar-refractivity contribution in [2.24, 2.45) is 0 Å². The van der Waals surface area contributed by atoms with Crippen LogP contribution in [0.4, 0.5) is 0 Å². The number of hydrogen-bond donors (Lipinski definition) is 1. The van der Waals surface area contributed by atoms with Crippen LogP contribution in [0.2, 0.25) is 0 Å². The van der Waals surface area contributed by atoms with E-state index in [4.69, 9.17) is 4.55 Å². The van der Waals surface area contributed by atoms with Crippen LogP contribution in [0, 0.1) is 0 Å². The first kappa shape index (κ1) is 10.3. The van der Waals surface area contributed by atoms with Crippen molar-refractivity contribution in [3.63, 3.8) is 0 Å². The quantitative estimate of drug-likeness (QED) is 0.817. The zero-order chi connectivity index (χ0) is 10.9. The Morgan fingerprint density at radius 2 is 1.87 bits per heavy atom. The minimum absolute atomic E-state index is 0.101. The fourth-order valence-electron chi connectivity index (χ4n) is 1.15. The van der Waals surface area contributed by atoms with E-state index in [0.717, 1.165) is 10.4 Å². The van der Waals surface area contributed by atoms with Crippen molar-refractivity contribution in [1.29, 1.82) is 0 Å². The predicted octanol–water partition coefficient (Wildman–Crippen LogP) is 2.06. The van der Waals surface area contributed by atoms with E-state index < -0.39 is 10.1 Å². The lowest BCUT2D eigenvalue weighted by molar-refractivity contribution is 0.483. The van der Waals surface area contributed by atoms with Gasteiger partial charge in [0.25, 0.3) is 10.1 Å². The molecule has 0 bridgehead atoms. The minimum atomic E-state index is -4.10. The summed E-state index contributed by atoms with van der Waals surface area (Å²) in [5.74, 6) is 0. The largest absolute Gasteiger partial charge is 0.294 e. The Labute approximate surface area is 91.0 Å². The third-order valence-electron chi connectivity index (χ3n) is 1.87. The van der Waals surface area contributed by atoms with Gasteiger partial charge in [0.15, 0.2) is 0 Å². The second-order valence-corrected chi connectivity index (χ2v) is 5.17. The first-order chi connectivity index (χ1) is 7.07. The standard InChI is InChI=1S/C9H7NO3S2/c11-15(12,13)8-3-1-7(2-4-8)9-5-10-6-14-9/h1-6H,(H,11,12,13). The van der Waals surface area contributed by atoms with Crippen LogP contribution in [0.3, 0.4) is 0 Å². The molecule has 0 atom stereocenters. The first-order valence-corrected chi connectivity index (χ1v) is 6.36. The van der Waals surface area contributed by atoms with Gasteiger partial charge in [0.2, 0.25) is 0 Å². The molecule has 0 saturated heterocycles. The molecule has 0 spiro atoms. The Morgan fingerprint density at radius 1 is 1.20 bits per heavy atom. The fourth-order valence-corrected chi connectivity index (χ4v) is 2.26. The molecule has 0 aliphatic rings. The zero-order valence-electron chi connectivity index (χ0n) is 7.49. The highest BCUT2D eigenvalue weighted by Crippen LogP contribution is 2.24. The molecule has 0 fully saturated rings. The third-order valence-corrected chi connectivity index (χ3v) is 3.56. The van der Waals surface area contributed by atoms with Crippen LogP contribution in [0.5, 0.6) is 0 Å². The minimum Gasteiger partial charge on any atom is -0.282 e. The van der Waals surface area contributed by atoms with E-state index in [0.29, 0.717) is 0 Å². The number of rotatable bonds is 2. The molecule has 0 aliphatic carbocycles. The van der Waals surface area contributed by atoms with Gasteiger partial charge in [-0.25, -0.2) is 0 Å². The van der Waals surface area contributed by atoms with Gasteiger partial charge in [-0.2, -0.15) is 8.42 Å². The van der Waals surface area contributed by atoms with Crippen LogP contribution in [0.1, 0.15) is 0 Å². The summed E-state index contributed by atoms with van der Waals surface area (Å²) in [7, 11) is -4.10. The molecule has 0 aliphatic heterocycles. The van der Waals surface area contributed by atoms with E-state index in [-0.39, 0.29) is 4.90 Å². The van der Waals surface area contributed by atoms with Gasteiger partial charge in [-0.15, -0.1) is 11.3 Å². The molecule has 1 aromatic heterocycles. The molecule has 78 valence electrons. The van der Waals surface area contributed by atoms with Gasteiger partial charge >= 0.3 is 0 Å². The molecule has 2 aromatic rings. The van der Waals surface area contributed by atoms with Crippen molar-refractivity contribution < 1.29 is 13.0 Å². The highest BCUT2D eigenvalue weighted by atomic mass is 32.2. The maximum atomic E-state index is 10.8. The van der Waals surface area contributed by atoms with Crippen molar-refractivity contribution in [1.82, 2.24) is 4.98 Å². The lowest BCUT2D eigenvalue weighted by atomic mass is 10.2. The molecule has 0 saturated carbocycles. The summed E-state index contributed by atoms with van der Waals surface area (Å²) < 4.78 is 30.3. The SMILES string of the molecule is O=S(=O)(O)c1ccc(-c2cncs2)cc1. The summed E-state index contributed by atoms with van der Waals surface area (Å²) in [5, 5.41) is 0. The Hall–Kier alpha value is -1.24. The van der Waals surface area contributed by atoms with Crippen LogP contribution < -0.4 is 0 Å². The molecule has 15 heavy (non-hydrogen) atoms. The van der Waals surface area contributed by atoms with Gasteiger partial charge in [-0.05, 0) is 17.7 Å². The highest BCUT2D eigenvalue weighted by molar-refractivity contribution is 7.85. The molecule has 0 radical (unpaired) electrons. The van der Waals surface area contributed by atoms with E-state index >= 15 is 0 Å². The summed E-state index contributed by atoms with van der Waals surface area (Å²) in [6.07, 6.45) is 1.70. The molecule has 2 rings (SSSR count). The summed E-state index contributed by atoms with van der Waals surface area (Å²) in [4.78, 5) is 4.77. The summed E-state index contributed by atoms with van der Waals surface area (Å²) in [6, 6.07) is 6.00. The third kappa shape index (κ3) is 2.23. The van der Waals surface area contributed by atoms with Crippen LogP contribution in [0.25, 0.3) is 10.4 Å². The molecule has 1 aromatic carbocycles. The fraction of sp³-hybridized carbons (Fsp3) is 0. The van der Waals surface area contributed by atoms with Crippen LogP contribution in [-0.4, -0.2) is 18.0 Å². The summed E-state index contributed by atoms with van der Waals surface area (Å²) >= 11 is 1.47. The van der Waals surface area contributed by atoms with E-state index in [9.17, 15) is 8.42 Å². The van der Waals surface area contributed by atoms with Gasteiger partial charge < -0.3 is 0 Å². The molecule has 0 unspecified atom stereocenters. The number of aromatic nitrogens is 1. The molecular formula is C9H7NO3S2. The molecule has 1 N–H and O–H groups in total. The predicted molar refractivity (Wildman–Crippen MR) is 57.4 cm³/mol. The van der Waals surface area contributed by atoms with Gasteiger partial charge in [-0.1, -0.05) is 12.1 Å². The lowest BCUT2D eigenvalue weighted by Crippen LogP contribution is -1.96. The second-order valence-electron chi connectivity index (χ2n) is 2.87. The Balaban J connectivity index is 2.42. The van der Waals surface area contributed by atoms with Crippen LogP contribution >= 0.6 is 11.3 Å². The molecule has 1 heterocycles. The smallest absolute Gasteiger partial charge is 0.282 e. The van der Waals surface area contributed by atoms with Crippen molar-refractivity contribution >= 4 is 21.5 Å². The van der Waals surface area contributed by atoms with Crippen LogP contribution in [0.15, 0.2) is 40.9 Å². The highest BCUT2D eigenvalue weighted by Gasteiger charge is 2.09. The van der Waals surface area contributed by atoms with Gasteiger partial charge in [-0.3, -0.25) is 9.54 Å². The van der Waals surface area contributed by atoms with Crippen molar-refractivity contribution in [3.05, 3.63) is 36.0 Å². The van der Waals surface area contributed by atoms with Gasteiger partial charge in [0.05, 0.1) is 15.3 Å². The van der Waals surface area contributed by atoms with E-state index in [2.05, 4.69) is 4.98 Å². The lowest BCUT2D eigenvalue weighted by Gasteiger charge is -1.98. The number of benzene rings is 1. The average Bonchev–Trinajstić information content (AvgIpc) is 2.69. The molecule has 0 amide bonds. The van der Waals surface area contributed by atoms with Crippen molar-refractivity contribution in [3.8, 4) is 10.4 Å². The Bertz CT molecular complexity index is 544. The maximum absolute atomic E-state index is 10.8. The molecule has 4 nitrogen and oxygen atoms in total. The van der Waals surface area contributed by atoms with Crippen LogP contribution in [-0.2, 0) is 10.1 Å². The van der Waals surface area contributed by atoms with E-state index in [1.54, 1.807) is 23.8 Å². The van der Waals surface area contributed by atoms with E-state index in [1.807, 2.05) is 0 Å². The Kier molecular flexibility index (Phi) is 2.56. The first-order valence-electron chi connectivity index (χ1n) is 4.04. The number of thiazole rings is 1. The van der Waals surface area contributed by atoms with Crippen molar-refractivity contribution in [2.45, 2.75) is 4.90 Å². The van der Waals surface area contributed by atoms with E-state index in [1.165, 1.54) is 23.5 Å². The maximum Gasteiger partial charge on any atom is 0.294 e. The zero-order valence-corrected chi connectivity index (χ0v) is 9.12. The van der Waals surface area contributed by atoms with Gasteiger partial charge in [0, 0.05) is 6.20 Å². The topological polar surface area (TPSA) is 67.3 Å². The second kappa shape index (κ2) is 3.73. The van der Waals surface area contributed by atoms with Crippen molar-refractivity contribution in [2.75, 3.05) is 0 Å². The Morgan fingerprint density at radius 3 is 2.33 bits per heavy atom. The summed E-state index contributed by atoms with van der Waals surface area (Å²) in [5.41, 5.74) is 2.58. The molecular weight excluding hydrogens is 234 g/mol.